The maximum Gasteiger partial charge on any atom is 0.191 e. The lowest BCUT2D eigenvalue weighted by Gasteiger charge is -2.37. The first-order valence-electron chi connectivity index (χ1n) is 10.5. The van der Waals surface area contributed by atoms with E-state index in [2.05, 4.69) is 48.7 Å². The summed E-state index contributed by atoms with van der Waals surface area (Å²) in [6.45, 7) is 12.2. The SMILES string of the molecule is CCNC(=NCC1(c2ccccc2C)CCOCC1)NCCCCOCC.I. The van der Waals surface area contributed by atoms with Crippen molar-refractivity contribution in [2.24, 2.45) is 4.99 Å². The smallest absolute Gasteiger partial charge is 0.191 e. The maximum absolute atomic E-state index is 5.66. The van der Waals surface area contributed by atoms with Gasteiger partial charge in [-0.25, -0.2) is 0 Å². The summed E-state index contributed by atoms with van der Waals surface area (Å²) in [4.78, 5) is 4.97. The summed E-state index contributed by atoms with van der Waals surface area (Å²) in [6.07, 6.45) is 4.20. The number of hydrogen-bond donors (Lipinski definition) is 2. The van der Waals surface area contributed by atoms with E-state index < -0.39 is 0 Å². The molecular weight excluding hydrogens is 465 g/mol. The zero-order valence-electron chi connectivity index (χ0n) is 17.8. The number of benzene rings is 1. The number of nitrogens with zero attached hydrogens (tertiary/aromatic N) is 1. The van der Waals surface area contributed by atoms with E-state index in [0.29, 0.717) is 0 Å². The van der Waals surface area contributed by atoms with Crippen LogP contribution in [-0.2, 0) is 14.9 Å². The van der Waals surface area contributed by atoms with E-state index in [4.69, 9.17) is 14.5 Å². The van der Waals surface area contributed by atoms with Crippen molar-refractivity contribution >= 4 is 29.9 Å². The number of halogens is 1. The lowest BCUT2D eigenvalue weighted by atomic mass is 9.72. The standard InChI is InChI=1S/C22H37N3O2.HI/c1-4-23-21(24-14-8-9-15-26-5-2)25-18-22(12-16-27-17-13-22)20-11-7-6-10-19(20)3;/h6-7,10-11H,4-5,8-9,12-18H2,1-3H3,(H2,23,24,25);1H. The van der Waals surface area contributed by atoms with Crippen LogP contribution in [0.4, 0.5) is 0 Å². The predicted molar refractivity (Wildman–Crippen MR) is 128 cm³/mol. The summed E-state index contributed by atoms with van der Waals surface area (Å²) < 4.78 is 11.1. The largest absolute Gasteiger partial charge is 0.382 e. The average Bonchev–Trinajstić information content (AvgIpc) is 2.69. The highest BCUT2D eigenvalue weighted by Gasteiger charge is 2.35. The third kappa shape index (κ3) is 7.87. The van der Waals surface area contributed by atoms with Gasteiger partial charge in [0.1, 0.15) is 0 Å². The van der Waals surface area contributed by atoms with Crippen LogP contribution in [0.2, 0.25) is 0 Å². The lowest BCUT2D eigenvalue weighted by Crippen LogP contribution is -2.41. The molecule has 1 fully saturated rings. The van der Waals surface area contributed by atoms with Gasteiger partial charge in [-0.15, -0.1) is 24.0 Å². The van der Waals surface area contributed by atoms with Crippen molar-refractivity contribution in [3.8, 4) is 0 Å². The zero-order chi connectivity index (χ0) is 19.4. The first-order valence-corrected chi connectivity index (χ1v) is 10.5. The van der Waals surface area contributed by atoms with Crippen LogP contribution in [0.25, 0.3) is 0 Å². The van der Waals surface area contributed by atoms with E-state index in [0.717, 1.165) is 77.7 Å². The molecule has 0 bridgehead atoms. The monoisotopic (exact) mass is 503 g/mol. The minimum atomic E-state index is 0. The van der Waals surface area contributed by atoms with Gasteiger partial charge in [0.05, 0.1) is 6.54 Å². The summed E-state index contributed by atoms with van der Waals surface area (Å²) in [5, 5.41) is 6.86. The van der Waals surface area contributed by atoms with Crippen LogP contribution in [0, 0.1) is 6.92 Å². The van der Waals surface area contributed by atoms with Gasteiger partial charge in [-0.1, -0.05) is 24.3 Å². The van der Waals surface area contributed by atoms with E-state index in [-0.39, 0.29) is 29.4 Å². The van der Waals surface area contributed by atoms with Crippen LogP contribution in [0.15, 0.2) is 29.3 Å². The number of unbranched alkanes of at least 4 members (excludes halogenated alkanes) is 1. The number of rotatable bonds is 10. The molecule has 160 valence electrons. The first kappa shape index (κ1) is 25.2. The van der Waals surface area contributed by atoms with Crippen molar-refractivity contribution in [3.05, 3.63) is 35.4 Å². The van der Waals surface area contributed by atoms with Crippen molar-refractivity contribution in [2.75, 3.05) is 46.1 Å². The van der Waals surface area contributed by atoms with Gasteiger partial charge in [0.25, 0.3) is 0 Å². The van der Waals surface area contributed by atoms with Gasteiger partial charge < -0.3 is 20.1 Å². The fourth-order valence-electron chi connectivity index (χ4n) is 3.70. The van der Waals surface area contributed by atoms with Gasteiger partial charge in [-0.3, -0.25) is 4.99 Å². The summed E-state index contributed by atoms with van der Waals surface area (Å²) in [5.41, 5.74) is 2.84. The minimum Gasteiger partial charge on any atom is -0.382 e. The molecule has 5 nitrogen and oxygen atoms in total. The normalized spacial score (nSPS) is 16.3. The molecule has 1 aromatic rings. The van der Waals surface area contributed by atoms with Crippen LogP contribution < -0.4 is 10.6 Å². The fourth-order valence-corrected chi connectivity index (χ4v) is 3.70. The number of hydrogen-bond acceptors (Lipinski definition) is 3. The Morgan fingerprint density at radius 1 is 1.14 bits per heavy atom. The molecule has 0 spiro atoms. The van der Waals surface area contributed by atoms with Crippen molar-refractivity contribution in [2.45, 2.75) is 51.9 Å². The first-order chi connectivity index (χ1) is 13.2. The van der Waals surface area contributed by atoms with Gasteiger partial charge in [-0.2, -0.15) is 0 Å². The molecule has 1 heterocycles. The van der Waals surface area contributed by atoms with E-state index >= 15 is 0 Å². The lowest BCUT2D eigenvalue weighted by molar-refractivity contribution is 0.0529. The van der Waals surface area contributed by atoms with E-state index in [9.17, 15) is 0 Å². The number of aliphatic imine (C=N–C) groups is 1. The number of ether oxygens (including phenoxy) is 2. The number of guanidine groups is 1. The third-order valence-corrected chi connectivity index (χ3v) is 5.26. The van der Waals surface area contributed by atoms with Crippen LogP contribution >= 0.6 is 24.0 Å². The van der Waals surface area contributed by atoms with Crippen LogP contribution in [0.5, 0.6) is 0 Å². The third-order valence-electron chi connectivity index (χ3n) is 5.26. The van der Waals surface area contributed by atoms with E-state index in [1.807, 2.05) is 6.92 Å². The fraction of sp³-hybridized carbons (Fsp3) is 0.682. The Morgan fingerprint density at radius 3 is 2.57 bits per heavy atom. The number of nitrogens with one attached hydrogen (secondary N) is 2. The highest BCUT2D eigenvalue weighted by Crippen LogP contribution is 2.36. The molecule has 0 aliphatic carbocycles. The molecule has 1 aliphatic rings. The van der Waals surface area contributed by atoms with Crippen molar-refractivity contribution < 1.29 is 9.47 Å². The van der Waals surface area contributed by atoms with Crippen molar-refractivity contribution in [3.63, 3.8) is 0 Å². The van der Waals surface area contributed by atoms with Crippen molar-refractivity contribution in [1.29, 1.82) is 0 Å². The molecule has 0 atom stereocenters. The topological polar surface area (TPSA) is 54.9 Å². The maximum atomic E-state index is 5.66. The van der Waals surface area contributed by atoms with Gasteiger partial charge in [-0.05, 0) is 57.6 Å². The number of aryl methyl sites for hydroxylation is 1. The second-order valence-electron chi connectivity index (χ2n) is 7.23. The van der Waals surface area contributed by atoms with Crippen LogP contribution in [0.3, 0.4) is 0 Å². The second-order valence-corrected chi connectivity index (χ2v) is 7.23. The predicted octanol–water partition coefficient (Wildman–Crippen LogP) is 4.03. The molecule has 2 N–H and O–H groups in total. The average molecular weight is 503 g/mol. The molecular formula is C22H38IN3O2. The Morgan fingerprint density at radius 2 is 1.89 bits per heavy atom. The summed E-state index contributed by atoms with van der Waals surface area (Å²) in [5.74, 6) is 0.911. The molecule has 28 heavy (non-hydrogen) atoms. The Kier molecular flexibility index (Phi) is 12.7. The van der Waals surface area contributed by atoms with Crippen LogP contribution in [-0.4, -0.2) is 52.0 Å². The Hall–Kier alpha value is -0.860. The highest BCUT2D eigenvalue weighted by molar-refractivity contribution is 14.0. The van der Waals surface area contributed by atoms with E-state index in [1.54, 1.807) is 0 Å². The zero-order valence-corrected chi connectivity index (χ0v) is 20.1. The van der Waals surface area contributed by atoms with Gasteiger partial charge >= 0.3 is 0 Å². The molecule has 0 aromatic heterocycles. The molecule has 2 rings (SSSR count). The Bertz CT molecular complexity index is 575. The summed E-state index contributed by atoms with van der Waals surface area (Å²) in [6, 6.07) is 8.73. The molecule has 0 unspecified atom stereocenters. The molecule has 0 radical (unpaired) electrons. The highest BCUT2D eigenvalue weighted by atomic mass is 127. The Balaban J connectivity index is 0.00000392. The molecule has 1 saturated heterocycles. The van der Waals surface area contributed by atoms with E-state index in [1.165, 1.54) is 11.1 Å². The molecule has 6 heteroatoms. The summed E-state index contributed by atoms with van der Waals surface area (Å²) >= 11 is 0. The quantitative estimate of drug-likeness (QED) is 0.219. The summed E-state index contributed by atoms with van der Waals surface area (Å²) in [7, 11) is 0. The van der Waals surface area contributed by atoms with Gasteiger partial charge in [0.2, 0.25) is 0 Å². The van der Waals surface area contributed by atoms with Gasteiger partial charge in [0.15, 0.2) is 5.96 Å². The molecule has 0 saturated carbocycles. The molecule has 1 aromatic carbocycles. The molecule has 1 aliphatic heterocycles. The van der Waals surface area contributed by atoms with Crippen molar-refractivity contribution in [1.82, 2.24) is 10.6 Å². The molecule has 0 amide bonds. The second kappa shape index (κ2) is 14.2. The van der Waals surface area contributed by atoms with Crippen LogP contribution in [0.1, 0.15) is 50.7 Å². The minimum absolute atomic E-state index is 0. The Labute approximate surface area is 188 Å². The van der Waals surface area contributed by atoms with Gasteiger partial charge in [0, 0.05) is 44.9 Å².